The van der Waals surface area contributed by atoms with E-state index in [9.17, 15) is 4.79 Å². The number of ether oxygens (including phenoxy) is 1. The van der Waals surface area contributed by atoms with Crippen molar-refractivity contribution in [2.75, 3.05) is 19.6 Å². The van der Waals surface area contributed by atoms with E-state index >= 15 is 0 Å². The minimum absolute atomic E-state index is 0.249. The summed E-state index contributed by atoms with van der Waals surface area (Å²) in [5.74, 6) is 0.249. The summed E-state index contributed by atoms with van der Waals surface area (Å²) in [7, 11) is 0. The summed E-state index contributed by atoms with van der Waals surface area (Å²) in [5.41, 5.74) is 3.17. The van der Waals surface area contributed by atoms with Crippen molar-refractivity contribution in [1.82, 2.24) is 9.47 Å². The second-order valence-electron chi connectivity index (χ2n) is 6.10. The summed E-state index contributed by atoms with van der Waals surface area (Å²) in [6.45, 7) is 9.52. The van der Waals surface area contributed by atoms with Gasteiger partial charge in [0.2, 0.25) is 0 Å². The van der Waals surface area contributed by atoms with E-state index in [1.807, 2.05) is 13.0 Å². The number of ketones is 1. The van der Waals surface area contributed by atoms with E-state index in [2.05, 4.69) is 23.3 Å². The lowest BCUT2D eigenvalue weighted by molar-refractivity contribution is -0.0355. The van der Waals surface area contributed by atoms with E-state index in [-0.39, 0.29) is 5.78 Å². The summed E-state index contributed by atoms with van der Waals surface area (Å²) in [6.07, 6.45) is 3.01. The first-order valence-electron chi connectivity index (χ1n) is 7.66. The van der Waals surface area contributed by atoms with E-state index in [1.54, 1.807) is 0 Å². The third-order valence-corrected chi connectivity index (χ3v) is 4.68. The molecule has 2 fully saturated rings. The number of hydrogen-bond acceptors (Lipinski definition) is 3. The molecule has 4 heteroatoms. The number of aromatic nitrogens is 1. The summed E-state index contributed by atoms with van der Waals surface area (Å²) < 4.78 is 8.03. The van der Waals surface area contributed by atoms with Crippen LogP contribution in [-0.2, 0) is 11.3 Å². The monoisotopic (exact) mass is 276 g/mol. The lowest BCUT2D eigenvalue weighted by atomic mass is 10.1. The number of morpholine rings is 1. The molecule has 3 heterocycles. The zero-order valence-corrected chi connectivity index (χ0v) is 12.7. The van der Waals surface area contributed by atoms with Crippen LogP contribution in [0.2, 0.25) is 0 Å². The van der Waals surface area contributed by atoms with Crippen molar-refractivity contribution in [3.05, 3.63) is 23.0 Å². The van der Waals surface area contributed by atoms with Crippen molar-refractivity contribution in [3.8, 4) is 0 Å². The predicted molar refractivity (Wildman–Crippen MR) is 78.2 cm³/mol. The summed E-state index contributed by atoms with van der Waals surface area (Å²) >= 11 is 0. The normalized spacial score (nSPS) is 26.1. The molecule has 0 aromatic carbocycles. The predicted octanol–water partition coefficient (Wildman–Crippen LogP) is 2.17. The SMILES string of the molecule is CCn1c(C)cc(C(=O)CN2CC3CCC(C2)O3)c1C. The van der Waals surface area contributed by atoms with Crippen molar-refractivity contribution in [2.45, 2.75) is 52.4 Å². The van der Waals surface area contributed by atoms with Gasteiger partial charge < -0.3 is 9.30 Å². The van der Waals surface area contributed by atoms with Crippen LogP contribution in [-0.4, -0.2) is 47.1 Å². The van der Waals surface area contributed by atoms with Gasteiger partial charge in [0.05, 0.1) is 18.8 Å². The Hall–Kier alpha value is -1.13. The fraction of sp³-hybridized carbons (Fsp3) is 0.688. The van der Waals surface area contributed by atoms with Crippen LogP contribution in [0.4, 0.5) is 0 Å². The Morgan fingerprint density at radius 3 is 2.50 bits per heavy atom. The average molecular weight is 276 g/mol. The topological polar surface area (TPSA) is 34.5 Å². The second-order valence-corrected chi connectivity index (χ2v) is 6.10. The largest absolute Gasteiger partial charge is 0.372 e. The van der Waals surface area contributed by atoms with Gasteiger partial charge in [-0.2, -0.15) is 0 Å². The van der Waals surface area contributed by atoms with Gasteiger partial charge in [0, 0.05) is 36.6 Å². The number of aryl methyl sites for hydroxylation is 1. The smallest absolute Gasteiger partial charge is 0.178 e. The highest BCUT2D eigenvalue weighted by Gasteiger charge is 2.34. The Morgan fingerprint density at radius 2 is 1.95 bits per heavy atom. The van der Waals surface area contributed by atoms with Gasteiger partial charge in [0.25, 0.3) is 0 Å². The van der Waals surface area contributed by atoms with Crippen molar-refractivity contribution in [1.29, 1.82) is 0 Å². The van der Waals surface area contributed by atoms with Gasteiger partial charge in [-0.1, -0.05) is 0 Å². The molecule has 2 unspecified atom stereocenters. The van der Waals surface area contributed by atoms with E-state index in [0.29, 0.717) is 18.8 Å². The van der Waals surface area contributed by atoms with Gasteiger partial charge in [-0.25, -0.2) is 0 Å². The molecule has 2 bridgehead atoms. The standard InChI is InChI=1S/C16H24N2O2/c1-4-18-11(2)7-15(12(18)3)16(19)10-17-8-13-5-6-14(9-17)20-13/h7,13-14H,4-6,8-10H2,1-3H3. The number of carbonyl (C=O) groups is 1. The van der Waals surface area contributed by atoms with Gasteiger partial charge in [0.15, 0.2) is 5.78 Å². The Bertz CT molecular complexity index is 509. The van der Waals surface area contributed by atoms with Crippen LogP contribution in [0.25, 0.3) is 0 Å². The molecule has 1 aromatic heterocycles. The second kappa shape index (κ2) is 5.34. The van der Waals surface area contributed by atoms with Crippen LogP contribution >= 0.6 is 0 Å². The molecule has 4 nitrogen and oxygen atoms in total. The molecule has 2 aliphatic heterocycles. The molecule has 0 spiro atoms. The number of rotatable bonds is 4. The molecule has 20 heavy (non-hydrogen) atoms. The fourth-order valence-electron chi connectivity index (χ4n) is 3.69. The quantitative estimate of drug-likeness (QED) is 0.791. The van der Waals surface area contributed by atoms with Crippen LogP contribution in [0.1, 0.15) is 41.5 Å². The van der Waals surface area contributed by atoms with Crippen LogP contribution in [0, 0.1) is 13.8 Å². The summed E-state index contributed by atoms with van der Waals surface area (Å²) in [5, 5.41) is 0. The minimum atomic E-state index is 0.249. The average Bonchev–Trinajstić information content (AvgIpc) is 2.89. The van der Waals surface area contributed by atoms with Crippen LogP contribution in [0.3, 0.4) is 0 Å². The van der Waals surface area contributed by atoms with Crippen molar-refractivity contribution in [2.24, 2.45) is 0 Å². The van der Waals surface area contributed by atoms with E-state index in [0.717, 1.165) is 43.7 Å². The minimum Gasteiger partial charge on any atom is -0.372 e. The number of carbonyl (C=O) groups excluding carboxylic acids is 1. The maximum absolute atomic E-state index is 12.6. The number of likely N-dealkylation sites (tertiary alicyclic amines) is 1. The lowest BCUT2D eigenvalue weighted by Crippen LogP contribution is -2.44. The van der Waals surface area contributed by atoms with Crippen molar-refractivity contribution >= 4 is 5.78 Å². The molecular weight excluding hydrogens is 252 g/mol. The molecule has 2 atom stereocenters. The van der Waals surface area contributed by atoms with E-state index < -0.39 is 0 Å². The molecule has 0 amide bonds. The summed E-state index contributed by atoms with van der Waals surface area (Å²) in [4.78, 5) is 14.8. The summed E-state index contributed by atoms with van der Waals surface area (Å²) in [6, 6.07) is 2.04. The first-order valence-corrected chi connectivity index (χ1v) is 7.66. The Morgan fingerprint density at radius 1 is 1.30 bits per heavy atom. The Kier molecular flexibility index (Phi) is 3.69. The molecule has 0 saturated carbocycles. The molecular formula is C16H24N2O2. The number of fused-ring (bicyclic) bond motifs is 2. The molecule has 2 aliphatic rings. The molecule has 2 saturated heterocycles. The number of Topliss-reactive ketones (excluding diaryl/α,β-unsaturated/α-hetero) is 1. The highest BCUT2D eigenvalue weighted by molar-refractivity contribution is 5.99. The van der Waals surface area contributed by atoms with Gasteiger partial charge in [-0.05, 0) is 39.7 Å². The number of nitrogens with zero attached hydrogens (tertiary/aromatic N) is 2. The van der Waals surface area contributed by atoms with E-state index in [1.165, 1.54) is 5.69 Å². The Balaban J connectivity index is 1.70. The maximum Gasteiger partial charge on any atom is 0.178 e. The van der Waals surface area contributed by atoms with Gasteiger partial charge in [-0.3, -0.25) is 9.69 Å². The first kappa shape index (κ1) is 13.8. The lowest BCUT2D eigenvalue weighted by Gasteiger charge is -2.31. The van der Waals surface area contributed by atoms with Crippen LogP contribution in [0.5, 0.6) is 0 Å². The molecule has 0 radical (unpaired) electrons. The van der Waals surface area contributed by atoms with Gasteiger partial charge in [-0.15, -0.1) is 0 Å². The van der Waals surface area contributed by atoms with Crippen LogP contribution in [0.15, 0.2) is 6.07 Å². The van der Waals surface area contributed by atoms with Crippen molar-refractivity contribution in [3.63, 3.8) is 0 Å². The molecule has 1 aromatic rings. The number of hydrogen-bond donors (Lipinski definition) is 0. The molecule has 0 N–H and O–H groups in total. The van der Waals surface area contributed by atoms with Gasteiger partial charge in [0.1, 0.15) is 0 Å². The zero-order valence-electron chi connectivity index (χ0n) is 12.7. The molecule has 0 aliphatic carbocycles. The highest BCUT2D eigenvalue weighted by atomic mass is 16.5. The third kappa shape index (κ3) is 2.42. The molecule has 3 rings (SSSR count). The highest BCUT2D eigenvalue weighted by Crippen LogP contribution is 2.26. The third-order valence-electron chi connectivity index (χ3n) is 4.68. The zero-order chi connectivity index (χ0) is 14.3. The van der Waals surface area contributed by atoms with Crippen molar-refractivity contribution < 1.29 is 9.53 Å². The maximum atomic E-state index is 12.6. The van der Waals surface area contributed by atoms with Gasteiger partial charge >= 0.3 is 0 Å². The Labute approximate surface area is 120 Å². The first-order chi connectivity index (χ1) is 9.58. The van der Waals surface area contributed by atoms with Crippen LogP contribution < -0.4 is 0 Å². The van der Waals surface area contributed by atoms with E-state index in [4.69, 9.17) is 4.74 Å². The fourth-order valence-corrected chi connectivity index (χ4v) is 3.69. The molecule has 110 valence electrons.